The van der Waals surface area contributed by atoms with E-state index in [1.807, 2.05) is 18.3 Å². The van der Waals surface area contributed by atoms with Crippen molar-refractivity contribution in [1.82, 2.24) is 10.3 Å². The Hall–Kier alpha value is -2.43. The highest BCUT2D eigenvalue weighted by molar-refractivity contribution is 5.82. The zero-order valence-corrected chi connectivity index (χ0v) is 14.8. The Labute approximate surface area is 153 Å². The molecule has 1 aromatic carbocycles. The lowest BCUT2D eigenvalue weighted by Crippen LogP contribution is -2.30. The number of hydrogen-bond donors (Lipinski definition) is 1. The Balaban J connectivity index is 1.27. The van der Waals surface area contributed by atoms with E-state index in [-0.39, 0.29) is 23.6 Å². The van der Waals surface area contributed by atoms with Gasteiger partial charge in [0, 0.05) is 31.7 Å². The second-order valence-electron chi connectivity index (χ2n) is 7.29. The average molecular weight is 353 g/mol. The molecule has 136 valence electrons. The summed E-state index contributed by atoms with van der Waals surface area (Å²) in [5.74, 6) is 1.07. The van der Waals surface area contributed by atoms with E-state index in [1.165, 1.54) is 31.4 Å². The van der Waals surface area contributed by atoms with Crippen LogP contribution in [-0.4, -0.2) is 24.0 Å². The molecule has 2 unspecified atom stereocenters. The number of halogens is 1. The number of amides is 1. The first-order valence-corrected chi connectivity index (χ1v) is 9.44. The topological polar surface area (TPSA) is 45.2 Å². The van der Waals surface area contributed by atoms with Crippen LogP contribution < -0.4 is 10.2 Å². The Morgan fingerprint density at radius 2 is 1.88 bits per heavy atom. The molecule has 4 rings (SSSR count). The van der Waals surface area contributed by atoms with Crippen molar-refractivity contribution in [3.8, 4) is 0 Å². The fraction of sp³-hybridized carbons (Fsp3) is 0.429. The molecule has 5 heteroatoms. The third kappa shape index (κ3) is 3.87. The SMILES string of the molecule is O=C(NCc1ccc(N2CCCCC2)nc1)C1CC1c1ccc(F)cc1. The van der Waals surface area contributed by atoms with E-state index >= 15 is 0 Å². The van der Waals surface area contributed by atoms with E-state index in [1.54, 1.807) is 12.1 Å². The van der Waals surface area contributed by atoms with Gasteiger partial charge in [-0.25, -0.2) is 9.37 Å². The van der Waals surface area contributed by atoms with Gasteiger partial charge < -0.3 is 10.2 Å². The Kier molecular flexibility index (Phi) is 4.87. The molecule has 1 aliphatic heterocycles. The van der Waals surface area contributed by atoms with Crippen molar-refractivity contribution in [1.29, 1.82) is 0 Å². The number of carbonyl (C=O) groups excluding carboxylic acids is 1. The second-order valence-corrected chi connectivity index (χ2v) is 7.29. The summed E-state index contributed by atoms with van der Waals surface area (Å²) in [4.78, 5) is 19.2. The molecule has 2 aliphatic rings. The average Bonchev–Trinajstić information content (AvgIpc) is 3.49. The van der Waals surface area contributed by atoms with Gasteiger partial charge in [-0.15, -0.1) is 0 Å². The maximum atomic E-state index is 13.0. The first kappa shape index (κ1) is 17.0. The van der Waals surface area contributed by atoms with Crippen LogP contribution in [0.4, 0.5) is 10.2 Å². The third-order valence-corrected chi connectivity index (χ3v) is 5.38. The molecule has 4 nitrogen and oxygen atoms in total. The van der Waals surface area contributed by atoms with Gasteiger partial charge in [-0.1, -0.05) is 18.2 Å². The highest BCUT2D eigenvalue weighted by Gasteiger charge is 2.43. The Morgan fingerprint density at radius 3 is 2.58 bits per heavy atom. The number of carbonyl (C=O) groups is 1. The molecule has 1 amide bonds. The molecule has 1 aliphatic carbocycles. The summed E-state index contributed by atoms with van der Waals surface area (Å²) in [7, 11) is 0. The fourth-order valence-electron chi connectivity index (χ4n) is 3.71. The molecule has 0 spiro atoms. The first-order valence-electron chi connectivity index (χ1n) is 9.44. The number of pyridine rings is 1. The fourth-order valence-corrected chi connectivity index (χ4v) is 3.71. The van der Waals surface area contributed by atoms with Crippen molar-refractivity contribution < 1.29 is 9.18 Å². The van der Waals surface area contributed by atoms with Crippen molar-refractivity contribution >= 4 is 11.7 Å². The molecule has 26 heavy (non-hydrogen) atoms. The predicted octanol–water partition coefficient (Wildman–Crippen LogP) is 3.63. The smallest absolute Gasteiger partial charge is 0.224 e. The lowest BCUT2D eigenvalue weighted by Gasteiger charge is -2.27. The van der Waals surface area contributed by atoms with Gasteiger partial charge in [0.05, 0.1) is 0 Å². The lowest BCUT2D eigenvalue weighted by molar-refractivity contribution is -0.122. The molecule has 2 heterocycles. The van der Waals surface area contributed by atoms with E-state index in [4.69, 9.17) is 0 Å². The minimum atomic E-state index is -0.240. The number of piperidine rings is 1. The highest BCUT2D eigenvalue weighted by atomic mass is 19.1. The zero-order valence-electron chi connectivity index (χ0n) is 14.8. The van der Waals surface area contributed by atoms with Gasteiger partial charge >= 0.3 is 0 Å². The van der Waals surface area contributed by atoms with E-state index < -0.39 is 0 Å². The number of nitrogens with one attached hydrogen (secondary N) is 1. The van der Waals surface area contributed by atoms with Crippen LogP contribution in [0.25, 0.3) is 0 Å². The van der Waals surface area contributed by atoms with Crippen LogP contribution in [0.15, 0.2) is 42.6 Å². The minimum Gasteiger partial charge on any atom is -0.357 e. The van der Waals surface area contributed by atoms with Crippen molar-refractivity contribution in [2.24, 2.45) is 5.92 Å². The van der Waals surface area contributed by atoms with Gasteiger partial charge in [-0.3, -0.25) is 4.79 Å². The number of anilines is 1. The van der Waals surface area contributed by atoms with Crippen LogP contribution in [0.1, 0.15) is 42.7 Å². The highest BCUT2D eigenvalue weighted by Crippen LogP contribution is 2.47. The summed E-state index contributed by atoms with van der Waals surface area (Å²) in [5, 5.41) is 3.00. The van der Waals surface area contributed by atoms with Crippen LogP contribution in [0, 0.1) is 11.7 Å². The number of nitrogens with zero attached hydrogens (tertiary/aromatic N) is 2. The molecule has 2 fully saturated rings. The molecule has 1 saturated carbocycles. The number of aromatic nitrogens is 1. The van der Waals surface area contributed by atoms with Crippen LogP contribution in [-0.2, 0) is 11.3 Å². The summed E-state index contributed by atoms with van der Waals surface area (Å²) >= 11 is 0. The van der Waals surface area contributed by atoms with Gasteiger partial charge in [0.2, 0.25) is 5.91 Å². The minimum absolute atomic E-state index is 0.000966. The molecule has 1 N–H and O–H groups in total. The summed E-state index contributed by atoms with van der Waals surface area (Å²) in [5.41, 5.74) is 2.05. The van der Waals surface area contributed by atoms with E-state index in [2.05, 4.69) is 15.2 Å². The summed E-state index contributed by atoms with van der Waals surface area (Å²) in [6.07, 6.45) is 6.46. The first-order chi connectivity index (χ1) is 12.7. The number of benzene rings is 1. The normalized spacial score (nSPS) is 22.1. The van der Waals surface area contributed by atoms with Crippen LogP contribution in [0.5, 0.6) is 0 Å². The molecule has 2 atom stereocenters. The van der Waals surface area contributed by atoms with Gasteiger partial charge in [-0.2, -0.15) is 0 Å². The summed E-state index contributed by atoms with van der Waals surface area (Å²) in [6.45, 7) is 2.66. The molecular weight excluding hydrogens is 329 g/mol. The summed E-state index contributed by atoms with van der Waals surface area (Å²) in [6, 6.07) is 10.6. The number of hydrogen-bond acceptors (Lipinski definition) is 3. The number of rotatable bonds is 5. The quantitative estimate of drug-likeness (QED) is 0.893. The van der Waals surface area contributed by atoms with Gasteiger partial charge in [-0.05, 0) is 60.9 Å². The second kappa shape index (κ2) is 7.44. The van der Waals surface area contributed by atoms with Gasteiger partial charge in [0.15, 0.2) is 0 Å². The van der Waals surface area contributed by atoms with Crippen LogP contribution >= 0.6 is 0 Å². The van der Waals surface area contributed by atoms with Crippen molar-refractivity contribution in [3.05, 3.63) is 59.5 Å². The monoisotopic (exact) mass is 353 g/mol. The molecular formula is C21H24FN3O. The van der Waals surface area contributed by atoms with Crippen molar-refractivity contribution in [3.63, 3.8) is 0 Å². The largest absolute Gasteiger partial charge is 0.357 e. The summed E-state index contributed by atoms with van der Waals surface area (Å²) < 4.78 is 13.0. The van der Waals surface area contributed by atoms with E-state index in [0.717, 1.165) is 36.5 Å². The standard InChI is InChI=1S/C21H24FN3O/c22-17-7-5-16(6-8-17)18-12-19(18)21(26)24-14-15-4-9-20(23-13-15)25-10-2-1-3-11-25/h4-9,13,18-19H,1-3,10-12,14H2,(H,24,26). The van der Waals surface area contributed by atoms with Crippen LogP contribution in [0.2, 0.25) is 0 Å². The Bertz CT molecular complexity index is 754. The molecule has 0 radical (unpaired) electrons. The molecule has 1 aromatic heterocycles. The predicted molar refractivity (Wildman–Crippen MR) is 99.4 cm³/mol. The lowest BCUT2D eigenvalue weighted by atomic mass is 10.1. The maximum Gasteiger partial charge on any atom is 0.224 e. The van der Waals surface area contributed by atoms with Gasteiger partial charge in [0.25, 0.3) is 0 Å². The van der Waals surface area contributed by atoms with Crippen LogP contribution in [0.3, 0.4) is 0 Å². The van der Waals surface area contributed by atoms with Crippen molar-refractivity contribution in [2.45, 2.75) is 38.1 Å². The van der Waals surface area contributed by atoms with Gasteiger partial charge in [0.1, 0.15) is 11.6 Å². The van der Waals surface area contributed by atoms with E-state index in [9.17, 15) is 9.18 Å². The molecule has 0 bridgehead atoms. The van der Waals surface area contributed by atoms with E-state index in [0.29, 0.717) is 6.54 Å². The van der Waals surface area contributed by atoms with Crippen molar-refractivity contribution in [2.75, 3.05) is 18.0 Å². The zero-order chi connectivity index (χ0) is 17.9. The molecule has 2 aromatic rings. The Morgan fingerprint density at radius 1 is 1.12 bits per heavy atom. The molecule has 1 saturated heterocycles. The maximum absolute atomic E-state index is 13.0. The third-order valence-electron chi connectivity index (χ3n) is 5.38.